The maximum absolute atomic E-state index is 12.0. The van der Waals surface area contributed by atoms with E-state index in [4.69, 9.17) is 0 Å². The summed E-state index contributed by atoms with van der Waals surface area (Å²) >= 11 is 0. The summed E-state index contributed by atoms with van der Waals surface area (Å²) in [6.45, 7) is 0.906. The second-order valence-electron chi connectivity index (χ2n) is 17.3. The van der Waals surface area contributed by atoms with Crippen molar-refractivity contribution in [2.75, 3.05) is 6.54 Å². The van der Waals surface area contributed by atoms with E-state index >= 15 is 0 Å². The van der Waals surface area contributed by atoms with E-state index in [2.05, 4.69) is 11.7 Å². The molecule has 4 atom stereocenters. The number of Topliss-reactive ketones (excluding diaryl/α,β-unsaturated/α-hetero) is 1. The molecule has 1 saturated heterocycles. The minimum atomic E-state index is -0.189. The van der Waals surface area contributed by atoms with Crippen molar-refractivity contribution in [2.45, 2.75) is 239 Å². The second kappa shape index (κ2) is 21.7. The summed E-state index contributed by atoms with van der Waals surface area (Å²) in [6, 6.07) is 0.0445. The minimum absolute atomic E-state index is 0. The first kappa shape index (κ1) is 39.4. The Kier molecular flexibility index (Phi) is 18.2. The molecule has 2 nitrogen and oxygen atoms in total. The van der Waals surface area contributed by atoms with E-state index in [1.807, 2.05) is 0 Å². The van der Waals surface area contributed by atoms with Crippen molar-refractivity contribution >= 4 is 21.6 Å². The third-order valence-electron chi connectivity index (χ3n) is 14.3. The smallest absolute Gasteiger partial charge is 0.104 e. The van der Waals surface area contributed by atoms with Gasteiger partial charge in [0, 0.05) is 38.2 Å². The molecule has 0 amide bonds. The Labute approximate surface area is 310 Å². The van der Waals surface area contributed by atoms with Crippen molar-refractivity contribution in [3.63, 3.8) is 0 Å². The Morgan fingerprint density at radius 3 is 1.19 bits per heavy atom. The van der Waals surface area contributed by atoms with Gasteiger partial charge in [-0.15, -0.1) is 12.5 Å². The predicted octanol–water partition coefficient (Wildman–Crippen LogP) is 12.9. The van der Waals surface area contributed by atoms with E-state index in [1.165, 1.54) is 59.6 Å². The largest absolute Gasteiger partial charge is 0.653 e. The number of hydrogen-bond acceptors (Lipinski definition) is 1. The van der Waals surface area contributed by atoms with Crippen molar-refractivity contribution in [3.8, 4) is 0 Å². The van der Waals surface area contributed by atoms with Crippen LogP contribution in [0, 0.1) is 12.3 Å². The molecule has 0 spiro atoms. The summed E-state index contributed by atoms with van der Waals surface area (Å²) in [4.78, 5) is 12.0. The fourth-order valence-corrected chi connectivity index (χ4v) is 23.6. The van der Waals surface area contributed by atoms with Gasteiger partial charge in [-0.05, 0) is 128 Å². The van der Waals surface area contributed by atoms with Crippen LogP contribution in [0.25, 0.3) is 5.32 Å². The zero-order valence-electron chi connectivity index (χ0n) is 30.5. The van der Waals surface area contributed by atoms with Gasteiger partial charge in [-0.25, -0.2) is 0 Å². The van der Waals surface area contributed by atoms with Crippen LogP contribution in [0.4, 0.5) is 0 Å². The molecule has 6 aliphatic carbocycles. The summed E-state index contributed by atoms with van der Waals surface area (Å²) in [5, 5.41) is 4.44. The van der Waals surface area contributed by atoms with Gasteiger partial charge >= 0.3 is 0 Å². The van der Waals surface area contributed by atoms with Crippen LogP contribution >= 0.6 is 15.8 Å². The van der Waals surface area contributed by atoms with E-state index in [-0.39, 0.29) is 50.2 Å². The van der Waals surface area contributed by atoms with Crippen LogP contribution in [-0.2, 0) is 27.2 Å². The molecule has 0 N–H and O–H groups in total. The van der Waals surface area contributed by atoms with Crippen LogP contribution in [0.3, 0.4) is 0 Å². The van der Waals surface area contributed by atoms with Crippen molar-refractivity contribution in [1.82, 2.24) is 0 Å². The predicted molar refractivity (Wildman–Crippen MR) is 207 cm³/mol. The van der Waals surface area contributed by atoms with Crippen molar-refractivity contribution in [3.05, 3.63) is 11.7 Å². The number of carbonyl (C=O) groups excluding carboxylic acids is 1. The molecular formula is C42H75AuNOP2. The summed E-state index contributed by atoms with van der Waals surface area (Å²) in [5.74, 6) is 0.639. The number of ketones is 1. The number of piperidine rings is 1. The molecule has 0 aromatic heterocycles. The SMILES string of the molecule is C1CCC([PH+](C2CCCCC2)C2CCCCC2[PH+](C2CCCCC2)C2CCCCC2)CC1.O=C(C1[CH-]CCCC1)C1CCCC[N-]1.[Au]. The van der Waals surface area contributed by atoms with Crippen molar-refractivity contribution < 1.29 is 27.2 Å². The summed E-state index contributed by atoms with van der Waals surface area (Å²) in [5.41, 5.74) is 7.43. The number of nitrogens with zero attached hydrogens (tertiary/aromatic N) is 1. The van der Waals surface area contributed by atoms with Crippen LogP contribution in [0.2, 0.25) is 0 Å². The van der Waals surface area contributed by atoms with Gasteiger partial charge in [0.1, 0.15) is 11.3 Å². The zero-order valence-corrected chi connectivity index (χ0v) is 34.6. The molecule has 7 aliphatic rings. The standard InChI is InChI=1S/C30H54P2.C12H19NO.Au/c1-5-15-25(16-6-1)31(26-17-7-2-8-18-26)29-23-13-14-24-30(29)32(27-19-9-3-10-20-27)28-21-11-4-12-22-28;14-12(10-6-2-1-3-7-10)11-8-4-5-9-13-11;/h25-30H,1-24H2;6,10-11H,1-5,7-9H2;/q;-2;/p+2. The molecule has 0 bridgehead atoms. The Morgan fingerprint density at radius 1 is 0.447 bits per heavy atom. The first-order valence-electron chi connectivity index (χ1n) is 21.6. The van der Waals surface area contributed by atoms with Gasteiger partial charge in [0.15, 0.2) is 0 Å². The molecule has 1 heterocycles. The number of carbonyl (C=O) groups is 1. The van der Waals surface area contributed by atoms with E-state index in [1.54, 1.807) is 154 Å². The molecule has 0 aromatic carbocycles. The monoisotopic (exact) mass is 868 g/mol. The Bertz CT molecular complexity index is 747. The molecule has 6 saturated carbocycles. The van der Waals surface area contributed by atoms with Crippen molar-refractivity contribution in [1.29, 1.82) is 0 Å². The fraction of sp³-hybridized carbons (Fsp3) is 0.952. The molecule has 4 unspecified atom stereocenters. The second-order valence-corrected chi connectivity index (χ2v) is 24.0. The molecule has 1 aliphatic heterocycles. The van der Waals surface area contributed by atoms with Gasteiger partial charge in [-0.2, -0.15) is 6.42 Å². The van der Waals surface area contributed by atoms with Gasteiger partial charge in [-0.1, -0.05) is 70.3 Å². The first-order valence-corrected chi connectivity index (χ1v) is 25.0. The Hall–Kier alpha value is 1.23. The Morgan fingerprint density at radius 2 is 0.830 bits per heavy atom. The average molecular weight is 869 g/mol. The molecule has 47 heavy (non-hydrogen) atoms. The average Bonchev–Trinajstić information content (AvgIpc) is 3.15. The maximum Gasteiger partial charge on any atom is 0.104 e. The molecule has 275 valence electrons. The molecule has 1 radical (unpaired) electrons. The van der Waals surface area contributed by atoms with Crippen LogP contribution < -0.4 is 0 Å². The molecule has 5 heteroatoms. The molecule has 7 rings (SSSR count). The van der Waals surface area contributed by atoms with Gasteiger partial charge in [0.2, 0.25) is 0 Å². The number of rotatable bonds is 8. The van der Waals surface area contributed by atoms with Gasteiger partial charge < -0.3 is 16.5 Å². The van der Waals surface area contributed by atoms with E-state index in [0.717, 1.165) is 25.8 Å². The molecule has 7 fully saturated rings. The minimum Gasteiger partial charge on any atom is -0.653 e. The van der Waals surface area contributed by atoms with Gasteiger partial charge in [0.25, 0.3) is 0 Å². The summed E-state index contributed by atoms with van der Waals surface area (Å²) in [6.07, 6.45) is 49.1. The third-order valence-corrected chi connectivity index (χ3v) is 23.8. The van der Waals surface area contributed by atoms with E-state index in [0.29, 0.717) is 5.78 Å². The quantitative estimate of drug-likeness (QED) is 0.136. The van der Waals surface area contributed by atoms with Gasteiger partial charge in [-0.3, -0.25) is 0 Å². The fourth-order valence-electron chi connectivity index (χ4n) is 12.0. The van der Waals surface area contributed by atoms with E-state index in [9.17, 15) is 4.79 Å². The van der Waals surface area contributed by atoms with Crippen LogP contribution in [0.1, 0.15) is 199 Å². The van der Waals surface area contributed by atoms with E-state index < -0.39 is 0 Å². The maximum atomic E-state index is 12.0. The van der Waals surface area contributed by atoms with Crippen LogP contribution in [0.5, 0.6) is 0 Å². The number of hydrogen-bond donors (Lipinski definition) is 0. The van der Waals surface area contributed by atoms with Crippen LogP contribution in [-0.4, -0.2) is 52.3 Å². The molecular weight excluding hydrogens is 793 g/mol. The third kappa shape index (κ3) is 11.4. The molecule has 0 aromatic rings. The Balaban J connectivity index is 0.000000243. The summed E-state index contributed by atoms with van der Waals surface area (Å²) < 4.78 is 0. The zero-order chi connectivity index (χ0) is 31.4. The van der Waals surface area contributed by atoms with Gasteiger partial charge in [0.05, 0.1) is 28.4 Å². The first-order chi connectivity index (χ1) is 22.8. The van der Waals surface area contributed by atoms with Crippen molar-refractivity contribution in [2.24, 2.45) is 5.92 Å². The summed E-state index contributed by atoms with van der Waals surface area (Å²) in [7, 11) is -0.378. The normalized spacial score (nSPS) is 32.7. The van der Waals surface area contributed by atoms with Crippen LogP contribution in [0.15, 0.2) is 0 Å². The topological polar surface area (TPSA) is 31.2 Å².